The topological polar surface area (TPSA) is 69.0 Å². The van der Waals surface area contributed by atoms with Crippen LogP contribution in [0.25, 0.3) is 0 Å². The second kappa shape index (κ2) is 24.1. The number of benzene rings is 2. The summed E-state index contributed by atoms with van der Waals surface area (Å²) in [5.41, 5.74) is 2.01. The molecular weight excluding hydrogens is 703 g/mol. The summed E-state index contributed by atoms with van der Waals surface area (Å²) in [4.78, 5) is 27.9. The van der Waals surface area contributed by atoms with Crippen molar-refractivity contribution in [2.75, 3.05) is 13.7 Å². The van der Waals surface area contributed by atoms with Crippen LogP contribution in [0.1, 0.15) is 119 Å². The smallest absolute Gasteiger partial charge is 0.417 e. The van der Waals surface area contributed by atoms with Gasteiger partial charge in [0.1, 0.15) is 13.2 Å². The Bertz CT molecular complexity index is 1300. The molecule has 0 atom stereocenters. The van der Waals surface area contributed by atoms with E-state index in [4.69, 9.17) is 14.2 Å². The molecule has 0 saturated carbocycles. The third-order valence-corrected chi connectivity index (χ3v) is 8.07. The molecule has 0 fully saturated rings. The number of halogens is 1. The Morgan fingerprint density at radius 2 is 1.38 bits per heavy atom. The number of amides is 2. The number of carbonyl (C=O) groups is 2. The van der Waals surface area contributed by atoms with Gasteiger partial charge in [0, 0.05) is 23.6 Å². The molecule has 0 aliphatic heterocycles. The Balaban J connectivity index is 0.00000768. The lowest BCUT2D eigenvalue weighted by atomic mass is 10.1. The predicted molar refractivity (Wildman–Crippen MR) is 183 cm³/mol. The standard InChI is InChI=1S/C39H55N2O5.HI/c1-4-6-7-8-9-10-11-12-13-14-15-19-28-45-36-25-24-33(29-37(36)44-3)32-46-39(43)41(38(42)35-22-17-16-18-23-35)31-34-21-20-27-40(30-34)26-5-2;/h16-18,20-25,27,29-30H,4-15,19,26,28,31-32H2,1-3H3;1H/q+1;/p-1. The van der Waals surface area contributed by atoms with Crippen LogP contribution in [-0.4, -0.2) is 30.6 Å². The lowest BCUT2D eigenvalue weighted by Gasteiger charge is -2.20. The summed E-state index contributed by atoms with van der Waals surface area (Å²) in [6.45, 7) is 5.96. The van der Waals surface area contributed by atoms with Crippen molar-refractivity contribution in [2.24, 2.45) is 0 Å². The van der Waals surface area contributed by atoms with Gasteiger partial charge in [-0.1, -0.05) is 109 Å². The third kappa shape index (κ3) is 15.1. The Labute approximate surface area is 300 Å². The maximum atomic E-state index is 13.4. The zero-order valence-electron chi connectivity index (χ0n) is 28.8. The highest BCUT2D eigenvalue weighted by molar-refractivity contribution is 6.02. The van der Waals surface area contributed by atoms with Crippen molar-refractivity contribution in [1.82, 2.24) is 4.90 Å². The number of aryl methyl sites for hydroxylation is 1. The molecule has 3 aromatic rings. The number of pyridine rings is 1. The summed E-state index contributed by atoms with van der Waals surface area (Å²) in [7, 11) is 1.60. The van der Waals surface area contributed by atoms with Crippen molar-refractivity contribution in [3.05, 3.63) is 89.7 Å². The van der Waals surface area contributed by atoms with Crippen LogP contribution < -0.4 is 38.0 Å². The van der Waals surface area contributed by atoms with E-state index in [0.717, 1.165) is 41.8 Å². The van der Waals surface area contributed by atoms with Gasteiger partial charge in [0.15, 0.2) is 23.9 Å². The van der Waals surface area contributed by atoms with Crippen LogP contribution in [0.3, 0.4) is 0 Å². The van der Waals surface area contributed by atoms with E-state index in [2.05, 4.69) is 18.4 Å². The quantitative estimate of drug-likeness (QED) is 0.0670. The van der Waals surface area contributed by atoms with E-state index < -0.39 is 12.0 Å². The van der Waals surface area contributed by atoms with Gasteiger partial charge in [-0.2, -0.15) is 0 Å². The molecule has 3 rings (SSSR count). The minimum absolute atomic E-state index is 0. The number of hydrogen-bond donors (Lipinski definition) is 0. The predicted octanol–water partition coefficient (Wildman–Crippen LogP) is 6.46. The number of aromatic nitrogens is 1. The van der Waals surface area contributed by atoms with Crippen LogP contribution >= 0.6 is 0 Å². The average molecular weight is 759 g/mol. The molecule has 1 heterocycles. The fraction of sp³-hybridized carbons (Fsp3) is 0.513. The van der Waals surface area contributed by atoms with Crippen LogP contribution in [-0.2, 0) is 24.4 Å². The van der Waals surface area contributed by atoms with Gasteiger partial charge in [0.25, 0.3) is 5.91 Å². The molecule has 0 radical (unpaired) electrons. The minimum Gasteiger partial charge on any atom is -1.00 e. The largest absolute Gasteiger partial charge is 1.00 e. The Kier molecular flexibility index (Phi) is 20.5. The first-order valence-corrected chi connectivity index (χ1v) is 17.4. The van der Waals surface area contributed by atoms with Crippen molar-refractivity contribution < 1.29 is 52.3 Å². The molecule has 0 unspecified atom stereocenters. The summed E-state index contributed by atoms with van der Waals surface area (Å²) in [6, 6.07) is 18.2. The van der Waals surface area contributed by atoms with Gasteiger partial charge >= 0.3 is 6.09 Å². The van der Waals surface area contributed by atoms with Crippen molar-refractivity contribution in [3.8, 4) is 11.5 Å². The third-order valence-electron chi connectivity index (χ3n) is 8.07. The summed E-state index contributed by atoms with van der Waals surface area (Å²) in [5, 5.41) is 0. The summed E-state index contributed by atoms with van der Waals surface area (Å²) in [6.07, 6.45) is 19.8. The molecule has 0 saturated heterocycles. The molecule has 8 heteroatoms. The van der Waals surface area contributed by atoms with E-state index >= 15 is 0 Å². The number of carbonyl (C=O) groups excluding carboxylic acids is 2. The Hall–Kier alpha value is -3.14. The molecule has 47 heavy (non-hydrogen) atoms. The highest BCUT2D eigenvalue weighted by atomic mass is 127. The van der Waals surface area contributed by atoms with E-state index in [1.165, 1.54) is 64.2 Å². The highest BCUT2D eigenvalue weighted by Crippen LogP contribution is 2.29. The average Bonchev–Trinajstić information content (AvgIpc) is 3.08. The second-order valence-corrected chi connectivity index (χ2v) is 12.0. The van der Waals surface area contributed by atoms with Gasteiger partial charge in [-0.05, 0) is 42.3 Å². The SMILES string of the molecule is CCCCCCCCCCCCCCOc1ccc(COC(=O)N(Cc2ccc[n+](CCC)c2)C(=O)c2ccccc2)cc1OC.[I-]. The fourth-order valence-corrected chi connectivity index (χ4v) is 5.47. The van der Waals surface area contributed by atoms with Gasteiger partial charge < -0.3 is 38.2 Å². The van der Waals surface area contributed by atoms with Gasteiger partial charge in [0.05, 0.1) is 20.3 Å². The first kappa shape index (κ1) is 40.0. The maximum Gasteiger partial charge on any atom is 0.417 e. The number of hydrogen-bond acceptors (Lipinski definition) is 5. The molecule has 0 N–H and O–H groups in total. The lowest BCUT2D eigenvalue weighted by molar-refractivity contribution is -0.697. The number of methoxy groups -OCH3 is 1. The maximum absolute atomic E-state index is 13.4. The van der Waals surface area contributed by atoms with E-state index in [9.17, 15) is 9.59 Å². The highest BCUT2D eigenvalue weighted by Gasteiger charge is 2.25. The molecule has 1 aromatic heterocycles. The van der Waals surface area contributed by atoms with Crippen molar-refractivity contribution >= 4 is 12.0 Å². The van der Waals surface area contributed by atoms with Crippen LogP contribution in [0.2, 0.25) is 0 Å². The van der Waals surface area contributed by atoms with Crippen molar-refractivity contribution in [3.63, 3.8) is 0 Å². The number of rotatable bonds is 22. The number of imide groups is 1. The van der Waals surface area contributed by atoms with Crippen LogP contribution in [0, 0.1) is 0 Å². The van der Waals surface area contributed by atoms with Gasteiger partial charge in [-0.3, -0.25) is 4.79 Å². The molecule has 7 nitrogen and oxygen atoms in total. The Morgan fingerprint density at radius 1 is 0.723 bits per heavy atom. The van der Waals surface area contributed by atoms with E-state index in [1.807, 2.05) is 48.8 Å². The van der Waals surface area contributed by atoms with Gasteiger partial charge in [0.2, 0.25) is 0 Å². The van der Waals surface area contributed by atoms with E-state index in [1.54, 1.807) is 31.4 Å². The zero-order valence-corrected chi connectivity index (χ0v) is 30.9. The molecular formula is C39H55IN2O5. The molecule has 0 aliphatic carbocycles. The van der Waals surface area contributed by atoms with Crippen LogP contribution in [0.15, 0.2) is 73.1 Å². The number of nitrogens with zero attached hydrogens (tertiary/aromatic N) is 2. The normalized spacial score (nSPS) is 10.6. The van der Waals surface area contributed by atoms with Crippen LogP contribution in [0.4, 0.5) is 4.79 Å². The Morgan fingerprint density at radius 3 is 2.02 bits per heavy atom. The van der Waals surface area contributed by atoms with Crippen LogP contribution in [0.5, 0.6) is 11.5 Å². The number of ether oxygens (including phenoxy) is 3. The molecule has 0 spiro atoms. The molecule has 258 valence electrons. The fourth-order valence-electron chi connectivity index (χ4n) is 5.47. The zero-order chi connectivity index (χ0) is 32.8. The molecule has 0 bridgehead atoms. The first-order chi connectivity index (χ1) is 22.5. The molecule has 2 aromatic carbocycles. The summed E-state index contributed by atoms with van der Waals surface area (Å²) in [5.74, 6) is 0.857. The lowest BCUT2D eigenvalue weighted by Crippen LogP contribution is -3.00. The van der Waals surface area contributed by atoms with Crippen molar-refractivity contribution in [2.45, 2.75) is 117 Å². The molecule has 2 amide bonds. The number of unbranched alkanes of at least 4 members (excludes halogenated alkanes) is 11. The monoisotopic (exact) mass is 758 g/mol. The summed E-state index contributed by atoms with van der Waals surface area (Å²) >= 11 is 0. The van der Waals surface area contributed by atoms with E-state index in [0.29, 0.717) is 23.7 Å². The summed E-state index contributed by atoms with van der Waals surface area (Å²) < 4.78 is 19.3. The van der Waals surface area contributed by atoms with Gasteiger partial charge in [-0.15, -0.1) is 0 Å². The second-order valence-electron chi connectivity index (χ2n) is 12.0. The van der Waals surface area contributed by atoms with E-state index in [-0.39, 0.29) is 37.1 Å². The van der Waals surface area contributed by atoms with Crippen molar-refractivity contribution in [1.29, 1.82) is 0 Å². The minimum atomic E-state index is -0.703. The molecule has 0 aliphatic rings. The first-order valence-electron chi connectivity index (χ1n) is 17.4. The van der Waals surface area contributed by atoms with Gasteiger partial charge in [-0.25, -0.2) is 14.3 Å².